The molecule has 7 heteroatoms. The first-order valence-electron chi connectivity index (χ1n) is 13.8. The Bertz CT molecular complexity index is 1150. The number of anilines is 1. The minimum Gasteiger partial charge on any atom is -0.491 e. The number of amidine groups is 1. The normalized spacial score (nSPS) is 26.3. The molecule has 2 atom stereocenters. The van der Waals surface area contributed by atoms with E-state index in [9.17, 15) is 9.18 Å². The monoisotopic (exact) mass is 506 g/mol. The Labute approximate surface area is 219 Å². The van der Waals surface area contributed by atoms with E-state index < -0.39 is 5.54 Å². The summed E-state index contributed by atoms with van der Waals surface area (Å²) < 4.78 is 20.2. The summed E-state index contributed by atoms with van der Waals surface area (Å²) in [4.78, 5) is 22.8. The second kappa shape index (κ2) is 10.8. The highest BCUT2D eigenvalue weighted by Crippen LogP contribution is 2.41. The highest BCUT2D eigenvalue weighted by atomic mass is 19.1. The predicted molar refractivity (Wildman–Crippen MR) is 146 cm³/mol. The molecule has 0 radical (unpaired) electrons. The molecule has 1 spiro atoms. The lowest BCUT2D eigenvalue weighted by Gasteiger charge is -2.47. The van der Waals surface area contributed by atoms with Crippen LogP contribution < -0.4 is 15.0 Å². The van der Waals surface area contributed by atoms with E-state index in [0.717, 1.165) is 50.4 Å². The first kappa shape index (κ1) is 25.7. The summed E-state index contributed by atoms with van der Waals surface area (Å²) in [5.41, 5.74) is 1.20. The van der Waals surface area contributed by atoms with E-state index in [1.165, 1.54) is 37.0 Å². The van der Waals surface area contributed by atoms with Crippen LogP contribution in [-0.4, -0.2) is 47.0 Å². The lowest BCUT2D eigenvalue weighted by molar-refractivity contribution is 0.123. The maximum Gasteiger partial charge on any atom is 0.328 e. The van der Waals surface area contributed by atoms with Gasteiger partial charge < -0.3 is 4.74 Å². The SMILES string of the molecule is CC(C)Oc1cccc(CN2CCC3(C[C@@H]2C)C(=NC2CCCCC2)NC(=O)N3c2cccc(F)c2)c1. The number of likely N-dealkylation sites (tertiary alicyclic amines) is 1. The zero-order valence-electron chi connectivity index (χ0n) is 22.3. The number of urea groups is 1. The van der Waals surface area contributed by atoms with Crippen LogP contribution in [0.15, 0.2) is 53.5 Å². The zero-order valence-corrected chi connectivity index (χ0v) is 22.3. The summed E-state index contributed by atoms with van der Waals surface area (Å²) in [5, 5.41) is 3.12. The van der Waals surface area contributed by atoms with Gasteiger partial charge in [-0.3, -0.25) is 20.1 Å². The van der Waals surface area contributed by atoms with E-state index in [1.807, 2.05) is 32.0 Å². The summed E-state index contributed by atoms with van der Waals surface area (Å²) in [6.45, 7) is 7.91. The average Bonchev–Trinajstić information content (AvgIpc) is 3.11. The number of hydrogen-bond acceptors (Lipinski definition) is 4. The van der Waals surface area contributed by atoms with E-state index in [1.54, 1.807) is 11.0 Å². The second-order valence-electron chi connectivity index (χ2n) is 11.1. The van der Waals surface area contributed by atoms with Crippen LogP contribution in [0.25, 0.3) is 0 Å². The van der Waals surface area contributed by atoms with Crippen LogP contribution in [0.5, 0.6) is 5.75 Å². The van der Waals surface area contributed by atoms with Gasteiger partial charge in [0.1, 0.15) is 22.9 Å². The summed E-state index contributed by atoms with van der Waals surface area (Å²) in [5.74, 6) is 1.32. The van der Waals surface area contributed by atoms with Crippen LogP contribution in [0, 0.1) is 5.82 Å². The maximum absolute atomic E-state index is 14.3. The number of ether oxygens (including phenoxy) is 1. The first-order valence-corrected chi connectivity index (χ1v) is 13.8. The van der Waals surface area contributed by atoms with E-state index in [0.29, 0.717) is 5.69 Å². The number of hydrogen-bond donors (Lipinski definition) is 1. The molecule has 2 heterocycles. The molecule has 1 saturated carbocycles. The predicted octanol–water partition coefficient (Wildman–Crippen LogP) is 6.30. The van der Waals surface area contributed by atoms with E-state index in [2.05, 4.69) is 29.3 Å². The van der Waals surface area contributed by atoms with Gasteiger partial charge in [0.2, 0.25) is 0 Å². The maximum atomic E-state index is 14.3. The molecule has 5 rings (SSSR count). The largest absolute Gasteiger partial charge is 0.491 e. The minimum atomic E-state index is -0.596. The Morgan fingerprint density at radius 3 is 2.65 bits per heavy atom. The van der Waals surface area contributed by atoms with E-state index in [4.69, 9.17) is 9.73 Å². The molecular weight excluding hydrogens is 467 g/mol. The Hall–Kier alpha value is -2.93. The molecule has 2 saturated heterocycles. The molecule has 198 valence electrons. The fourth-order valence-electron chi connectivity index (χ4n) is 6.24. The standard InChI is InChI=1S/C30H39FN4O2/c1-21(2)37-27-14-7-9-23(17-27)20-34-16-15-30(19-22(34)3)28(32-25-11-5-4-6-12-25)33-29(36)35(30)26-13-8-10-24(31)18-26/h7-10,13-14,17-18,21-22,25H,4-6,11-12,15-16,19-20H2,1-3H3,(H,32,33,36)/t22-,30?/m0/s1. The van der Waals surface area contributed by atoms with Crippen LogP contribution >= 0.6 is 0 Å². The minimum absolute atomic E-state index is 0.132. The number of nitrogens with zero attached hydrogens (tertiary/aromatic N) is 3. The number of carbonyl (C=O) groups excluding carboxylic acids is 1. The van der Waals surface area contributed by atoms with Crippen LogP contribution in [-0.2, 0) is 6.54 Å². The number of benzene rings is 2. The molecule has 0 aromatic heterocycles. The van der Waals surface area contributed by atoms with Crippen molar-refractivity contribution in [3.05, 3.63) is 59.9 Å². The molecule has 0 bridgehead atoms. The number of nitrogens with one attached hydrogen (secondary N) is 1. The second-order valence-corrected chi connectivity index (χ2v) is 11.1. The average molecular weight is 507 g/mol. The highest BCUT2D eigenvalue weighted by molar-refractivity contribution is 6.19. The van der Waals surface area contributed by atoms with Gasteiger partial charge in [-0.05, 0) is 82.3 Å². The molecule has 1 N–H and O–H groups in total. The van der Waals surface area contributed by atoms with Crippen molar-refractivity contribution in [2.75, 3.05) is 11.4 Å². The van der Waals surface area contributed by atoms with Crippen molar-refractivity contribution in [1.29, 1.82) is 0 Å². The van der Waals surface area contributed by atoms with Crippen LogP contribution in [0.3, 0.4) is 0 Å². The number of aliphatic imine (C=N–C) groups is 1. The van der Waals surface area contributed by atoms with Gasteiger partial charge in [-0.15, -0.1) is 0 Å². The van der Waals surface area contributed by atoms with E-state index >= 15 is 0 Å². The number of amides is 2. The molecule has 2 amide bonds. The third-order valence-corrected chi connectivity index (χ3v) is 7.97. The van der Waals surface area contributed by atoms with Crippen molar-refractivity contribution >= 4 is 17.6 Å². The molecular formula is C30H39FN4O2. The summed E-state index contributed by atoms with van der Waals surface area (Å²) in [6, 6.07) is 14.9. The van der Waals surface area contributed by atoms with Gasteiger partial charge in [0.25, 0.3) is 0 Å². The molecule has 6 nitrogen and oxygen atoms in total. The van der Waals surface area contributed by atoms with Crippen molar-refractivity contribution in [3.8, 4) is 5.75 Å². The Balaban J connectivity index is 1.42. The quantitative estimate of drug-likeness (QED) is 0.500. The molecule has 1 unspecified atom stereocenters. The van der Waals surface area contributed by atoms with Gasteiger partial charge >= 0.3 is 6.03 Å². The molecule has 1 aliphatic carbocycles. The topological polar surface area (TPSA) is 57.2 Å². The lowest BCUT2D eigenvalue weighted by atomic mass is 9.81. The molecule has 2 aromatic rings. The summed E-state index contributed by atoms with van der Waals surface area (Å²) in [7, 11) is 0. The fraction of sp³-hybridized carbons (Fsp3) is 0.533. The number of rotatable bonds is 6. The molecule has 2 aliphatic heterocycles. The molecule has 2 aromatic carbocycles. The van der Waals surface area contributed by atoms with Crippen molar-refractivity contribution < 1.29 is 13.9 Å². The van der Waals surface area contributed by atoms with Gasteiger partial charge in [-0.1, -0.05) is 37.5 Å². The fourth-order valence-corrected chi connectivity index (χ4v) is 6.24. The Kier molecular flexibility index (Phi) is 7.52. The number of carbonyl (C=O) groups is 1. The third-order valence-electron chi connectivity index (χ3n) is 7.97. The van der Waals surface area contributed by atoms with Crippen molar-refractivity contribution in [1.82, 2.24) is 10.2 Å². The van der Waals surface area contributed by atoms with E-state index in [-0.39, 0.29) is 30.0 Å². The van der Waals surface area contributed by atoms with Crippen LogP contribution in [0.4, 0.5) is 14.9 Å². The van der Waals surface area contributed by atoms with Gasteiger partial charge in [-0.25, -0.2) is 9.18 Å². The van der Waals surface area contributed by atoms with Gasteiger partial charge in [0, 0.05) is 24.8 Å². The smallest absolute Gasteiger partial charge is 0.328 e. The molecule has 37 heavy (non-hydrogen) atoms. The third kappa shape index (κ3) is 5.52. The van der Waals surface area contributed by atoms with Crippen molar-refractivity contribution in [2.24, 2.45) is 4.99 Å². The first-order chi connectivity index (χ1) is 17.8. The summed E-state index contributed by atoms with van der Waals surface area (Å²) >= 11 is 0. The lowest BCUT2D eigenvalue weighted by Crippen LogP contribution is -2.59. The van der Waals surface area contributed by atoms with Gasteiger partial charge in [-0.2, -0.15) is 0 Å². The zero-order chi connectivity index (χ0) is 26.0. The number of halogens is 1. The van der Waals surface area contributed by atoms with Crippen LogP contribution in [0.2, 0.25) is 0 Å². The molecule has 3 fully saturated rings. The van der Waals surface area contributed by atoms with Gasteiger partial charge in [0.05, 0.1) is 12.1 Å². The molecule has 3 aliphatic rings. The Morgan fingerprint density at radius 2 is 1.92 bits per heavy atom. The highest BCUT2D eigenvalue weighted by Gasteiger charge is 2.54. The summed E-state index contributed by atoms with van der Waals surface area (Å²) in [6.07, 6.45) is 7.34. The Morgan fingerprint density at radius 1 is 1.14 bits per heavy atom. The van der Waals surface area contributed by atoms with Crippen molar-refractivity contribution in [3.63, 3.8) is 0 Å². The number of piperidine rings is 1. The van der Waals surface area contributed by atoms with Gasteiger partial charge in [0.15, 0.2) is 0 Å². The van der Waals surface area contributed by atoms with Crippen molar-refractivity contribution in [2.45, 2.75) is 96.0 Å². The van der Waals surface area contributed by atoms with Crippen LogP contribution in [0.1, 0.15) is 71.3 Å².